The van der Waals surface area contributed by atoms with Gasteiger partial charge < -0.3 is 5.73 Å². The maximum absolute atomic E-state index is 9.08. The van der Waals surface area contributed by atoms with Gasteiger partial charge in [0, 0.05) is 11.1 Å². The van der Waals surface area contributed by atoms with E-state index >= 15 is 0 Å². The summed E-state index contributed by atoms with van der Waals surface area (Å²) in [6.45, 7) is 0. The lowest BCUT2D eigenvalue weighted by atomic mass is 10.00. The van der Waals surface area contributed by atoms with Crippen molar-refractivity contribution in [3.05, 3.63) is 54.1 Å². The smallest absolute Gasteiger partial charge is 0.0998 e. The van der Waals surface area contributed by atoms with Crippen LogP contribution in [0.15, 0.2) is 48.5 Å². The van der Waals surface area contributed by atoms with E-state index in [1.807, 2.05) is 42.5 Å². The van der Waals surface area contributed by atoms with Gasteiger partial charge >= 0.3 is 0 Å². The van der Waals surface area contributed by atoms with Gasteiger partial charge in [0.2, 0.25) is 0 Å². The predicted molar refractivity (Wildman–Crippen MR) is 70.6 cm³/mol. The molecule has 0 saturated carbocycles. The standard InChI is InChI=1S/C15H10N2/c16-9-12-3-1-2-11-6-13-7-14(17)5-4-10(13)8-15(11)12/h1-8H,17H2. The van der Waals surface area contributed by atoms with Crippen molar-refractivity contribution in [2.24, 2.45) is 0 Å². The Bertz CT molecular complexity index is 767. The molecule has 0 atom stereocenters. The Labute approximate surface area is 98.9 Å². The molecule has 2 nitrogen and oxygen atoms in total. The third-order valence-electron chi connectivity index (χ3n) is 2.98. The van der Waals surface area contributed by atoms with Crippen molar-refractivity contribution >= 4 is 27.2 Å². The number of hydrogen-bond donors (Lipinski definition) is 1. The molecule has 0 heterocycles. The molecular weight excluding hydrogens is 208 g/mol. The molecule has 2 heteroatoms. The summed E-state index contributed by atoms with van der Waals surface area (Å²) < 4.78 is 0. The fourth-order valence-electron chi connectivity index (χ4n) is 2.14. The van der Waals surface area contributed by atoms with E-state index < -0.39 is 0 Å². The average Bonchev–Trinajstić information content (AvgIpc) is 2.35. The van der Waals surface area contributed by atoms with Crippen LogP contribution in [0.5, 0.6) is 0 Å². The number of hydrogen-bond acceptors (Lipinski definition) is 2. The number of rotatable bonds is 0. The van der Waals surface area contributed by atoms with E-state index in [4.69, 9.17) is 11.0 Å². The molecule has 3 aromatic rings. The van der Waals surface area contributed by atoms with Gasteiger partial charge in [-0.25, -0.2) is 0 Å². The molecule has 0 saturated heterocycles. The number of benzene rings is 3. The van der Waals surface area contributed by atoms with Crippen molar-refractivity contribution in [2.45, 2.75) is 0 Å². The summed E-state index contributed by atoms with van der Waals surface area (Å²) in [5.74, 6) is 0. The Kier molecular flexibility index (Phi) is 1.99. The number of fused-ring (bicyclic) bond motifs is 2. The molecule has 2 N–H and O–H groups in total. The molecule has 0 radical (unpaired) electrons. The van der Waals surface area contributed by atoms with Crippen LogP contribution in [-0.2, 0) is 0 Å². The molecule has 0 spiro atoms. The van der Waals surface area contributed by atoms with Crippen LogP contribution in [-0.4, -0.2) is 0 Å². The van der Waals surface area contributed by atoms with Gasteiger partial charge in [-0.1, -0.05) is 18.2 Å². The fourth-order valence-corrected chi connectivity index (χ4v) is 2.14. The highest BCUT2D eigenvalue weighted by molar-refractivity contribution is 6.01. The zero-order chi connectivity index (χ0) is 11.8. The second-order valence-electron chi connectivity index (χ2n) is 4.10. The van der Waals surface area contributed by atoms with Crippen LogP contribution in [0, 0.1) is 11.3 Å². The third-order valence-corrected chi connectivity index (χ3v) is 2.98. The zero-order valence-corrected chi connectivity index (χ0v) is 9.14. The van der Waals surface area contributed by atoms with Gasteiger partial charge in [0.25, 0.3) is 0 Å². The monoisotopic (exact) mass is 218 g/mol. The van der Waals surface area contributed by atoms with Crippen LogP contribution in [0.25, 0.3) is 21.5 Å². The maximum Gasteiger partial charge on any atom is 0.0998 e. The summed E-state index contributed by atoms with van der Waals surface area (Å²) in [4.78, 5) is 0. The third kappa shape index (κ3) is 1.49. The van der Waals surface area contributed by atoms with Crippen LogP contribution >= 0.6 is 0 Å². The van der Waals surface area contributed by atoms with Gasteiger partial charge in [-0.2, -0.15) is 5.26 Å². The second-order valence-corrected chi connectivity index (χ2v) is 4.10. The van der Waals surface area contributed by atoms with Gasteiger partial charge in [0.15, 0.2) is 0 Å². The second kappa shape index (κ2) is 3.50. The lowest BCUT2D eigenvalue weighted by molar-refractivity contribution is 1.50. The van der Waals surface area contributed by atoms with Crippen molar-refractivity contribution in [1.82, 2.24) is 0 Å². The summed E-state index contributed by atoms with van der Waals surface area (Å²) in [5, 5.41) is 13.4. The Morgan fingerprint density at radius 2 is 1.76 bits per heavy atom. The molecule has 0 aromatic heterocycles. The number of nitrogen functional groups attached to an aromatic ring is 1. The Balaban J connectivity index is 2.48. The van der Waals surface area contributed by atoms with Gasteiger partial charge in [-0.3, -0.25) is 0 Å². The van der Waals surface area contributed by atoms with E-state index in [0.29, 0.717) is 5.56 Å². The molecule has 0 unspecified atom stereocenters. The van der Waals surface area contributed by atoms with Crippen LogP contribution in [0.1, 0.15) is 5.56 Å². The number of nitrogens with zero attached hydrogens (tertiary/aromatic N) is 1. The Hall–Kier alpha value is -2.53. The summed E-state index contributed by atoms with van der Waals surface area (Å²) in [6, 6.07) is 17.9. The lowest BCUT2D eigenvalue weighted by Crippen LogP contribution is -1.85. The van der Waals surface area contributed by atoms with Crippen molar-refractivity contribution in [2.75, 3.05) is 5.73 Å². The first kappa shape index (κ1) is 9.68. The molecule has 0 aliphatic heterocycles. The molecule has 3 rings (SSSR count). The first-order valence-electron chi connectivity index (χ1n) is 5.40. The molecule has 80 valence electrons. The maximum atomic E-state index is 9.08. The molecule has 0 aliphatic rings. The topological polar surface area (TPSA) is 49.8 Å². The van der Waals surface area contributed by atoms with E-state index in [1.165, 1.54) is 0 Å². The lowest BCUT2D eigenvalue weighted by Gasteiger charge is -2.04. The molecule has 0 amide bonds. The minimum Gasteiger partial charge on any atom is -0.399 e. The van der Waals surface area contributed by atoms with E-state index in [2.05, 4.69) is 12.1 Å². The predicted octanol–water partition coefficient (Wildman–Crippen LogP) is 3.45. The highest BCUT2D eigenvalue weighted by atomic mass is 14.5. The Morgan fingerprint density at radius 1 is 0.882 bits per heavy atom. The zero-order valence-electron chi connectivity index (χ0n) is 9.14. The van der Waals surface area contributed by atoms with Crippen molar-refractivity contribution < 1.29 is 0 Å². The molecule has 0 fully saturated rings. The molecular formula is C15H10N2. The minimum absolute atomic E-state index is 0.709. The van der Waals surface area contributed by atoms with Crippen LogP contribution in [0.2, 0.25) is 0 Å². The first-order chi connectivity index (χ1) is 8.28. The van der Waals surface area contributed by atoms with E-state index in [-0.39, 0.29) is 0 Å². The van der Waals surface area contributed by atoms with Crippen LogP contribution in [0.3, 0.4) is 0 Å². The summed E-state index contributed by atoms with van der Waals surface area (Å²) in [6.07, 6.45) is 0. The average molecular weight is 218 g/mol. The van der Waals surface area contributed by atoms with Gasteiger partial charge in [-0.15, -0.1) is 0 Å². The summed E-state index contributed by atoms with van der Waals surface area (Å²) in [5.41, 5.74) is 7.24. The largest absolute Gasteiger partial charge is 0.399 e. The first-order valence-corrected chi connectivity index (χ1v) is 5.40. The van der Waals surface area contributed by atoms with E-state index in [1.54, 1.807) is 0 Å². The quantitative estimate of drug-likeness (QED) is 0.464. The molecule has 0 aliphatic carbocycles. The molecule has 17 heavy (non-hydrogen) atoms. The number of anilines is 1. The number of nitriles is 1. The minimum atomic E-state index is 0.709. The SMILES string of the molecule is N#Cc1cccc2cc3cc(N)ccc3cc12. The normalized spacial score (nSPS) is 10.5. The summed E-state index contributed by atoms with van der Waals surface area (Å²) >= 11 is 0. The highest BCUT2D eigenvalue weighted by Crippen LogP contribution is 2.26. The van der Waals surface area contributed by atoms with Gasteiger partial charge in [-0.05, 0) is 46.5 Å². The van der Waals surface area contributed by atoms with Gasteiger partial charge in [0.1, 0.15) is 0 Å². The van der Waals surface area contributed by atoms with Crippen molar-refractivity contribution in [1.29, 1.82) is 5.26 Å². The number of nitrogens with two attached hydrogens (primary N) is 1. The van der Waals surface area contributed by atoms with Crippen LogP contribution in [0.4, 0.5) is 5.69 Å². The van der Waals surface area contributed by atoms with E-state index in [9.17, 15) is 0 Å². The summed E-state index contributed by atoms with van der Waals surface area (Å²) in [7, 11) is 0. The van der Waals surface area contributed by atoms with Gasteiger partial charge in [0.05, 0.1) is 11.6 Å². The van der Waals surface area contributed by atoms with Crippen molar-refractivity contribution in [3.63, 3.8) is 0 Å². The fraction of sp³-hybridized carbons (Fsp3) is 0. The van der Waals surface area contributed by atoms with E-state index in [0.717, 1.165) is 27.2 Å². The van der Waals surface area contributed by atoms with Crippen molar-refractivity contribution in [3.8, 4) is 6.07 Å². The highest BCUT2D eigenvalue weighted by Gasteiger charge is 2.02. The molecule has 0 bridgehead atoms. The Morgan fingerprint density at radius 3 is 2.59 bits per heavy atom. The molecule has 3 aromatic carbocycles. The van der Waals surface area contributed by atoms with Crippen LogP contribution < -0.4 is 5.73 Å².